The van der Waals surface area contributed by atoms with Crippen LogP contribution in [0.3, 0.4) is 0 Å². The van der Waals surface area contributed by atoms with Crippen LogP contribution in [0.1, 0.15) is 81.0 Å². The van der Waals surface area contributed by atoms with Crippen molar-refractivity contribution in [1.29, 1.82) is 0 Å². The highest BCUT2D eigenvalue weighted by molar-refractivity contribution is 5.94. The quantitative estimate of drug-likeness (QED) is 0.318. The summed E-state index contributed by atoms with van der Waals surface area (Å²) in [7, 11) is 0. The highest BCUT2D eigenvalue weighted by atomic mass is 19.1. The third kappa shape index (κ3) is 6.95. The van der Waals surface area contributed by atoms with Gasteiger partial charge in [0.1, 0.15) is 17.5 Å². The van der Waals surface area contributed by atoms with Crippen LogP contribution >= 0.6 is 0 Å². The predicted molar refractivity (Wildman–Crippen MR) is 144 cm³/mol. The molecule has 0 bridgehead atoms. The Balaban J connectivity index is 1.62. The van der Waals surface area contributed by atoms with Crippen molar-refractivity contribution in [2.75, 3.05) is 19.6 Å². The lowest BCUT2D eigenvalue weighted by atomic mass is 10.1. The van der Waals surface area contributed by atoms with E-state index < -0.39 is 17.5 Å². The lowest BCUT2D eigenvalue weighted by Crippen LogP contribution is -2.35. The molecule has 0 unspecified atom stereocenters. The van der Waals surface area contributed by atoms with Crippen molar-refractivity contribution in [3.8, 4) is 0 Å². The van der Waals surface area contributed by atoms with Crippen LogP contribution < -0.4 is 0 Å². The molecule has 0 radical (unpaired) electrons. The van der Waals surface area contributed by atoms with Crippen LogP contribution in [0.15, 0.2) is 36.4 Å². The van der Waals surface area contributed by atoms with Gasteiger partial charge in [-0.25, -0.2) is 13.8 Å². The summed E-state index contributed by atoms with van der Waals surface area (Å²) >= 11 is 0. The molecule has 37 heavy (non-hydrogen) atoms. The molecule has 5 nitrogen and oxygen atoms in total. The highest BCUT2D eigenvalue weighted by Crippen LogP contribution is 2.23. The Kier molecular flexibility index (Phi) is 9.30. The molecule has 0 N–H and O–H groups in total. The average molecular weight is 511 g/mol. The number of hydrogen-bond donors (Lipinski definition) is 0. The monoisotopic (exact) mass is 510 g/mol. The number of aromatic nitrogens is 2. The summed E-state index contributed by atoms with van der Waals surface area (Å²) in [4.78, 5) is 22.4. The van der Waals surface area contributed by atoms with Crippen molar-refractivity contribution in [1.82, 2.24) is 19.4 Å². The fraction of sp³-hybridized carbons (Fsp3) is 0.533. The Bertz CT molecular complexity index is 1200. The molecule has 1 aliphatic heterocycles. The lowest BCUT2D eigenvalue weighted by Gasteiger charge is -2.25. The third-order valence-electron chi connectivity index (χ3n) is 7.06. The fourth-order valence-electron chi connectivity index (χ4n) is 5.31. The largest absolute Gasteiger partial charge is 0.331 e. The van der Waals surface area contributed by atoms with Gasteiger partial charge in [0.2, 0.25) is 0 Å². The average Bonchev–Trinajstić information content (AvgIpc) is 3.17. The van der Waals surface area contributed by atoms with Gasteiger partial charge in [-0.3, -0.25) is 9.69 Å². The summed E-state index contributed by atoms with van der Waals surface area (Å²) in [5.74, 6) is -0.922. The SMILES string of the molecule is CCCn1c(CN(CC(C)C)C(=O)c2cc(F)ccc2F)nc2cc(CN3CCCCCCC3)ccc21. The summed E-state index contributed by atoms with van der Waals surface area (Å²) < 4.78 is 30.5. The topological polar surface area (TPSA) is 41.4 Å². The maximum absolute atomic E-state index is 14.5. The van der Waals surface area contributed by atoms with Crippen LogP contribution in [-0.2, 0) is 19.6 Å². The smallest absolute Gasteiger partial charge is 0.257 e. The Hall–Kier alpha value is -2.80. The van der Waals surface area contributed by atoms with Gasteiger partial charge in [-0.1, -0.05) is 46.1 Å². The molecule has 200 valence electrons. The van der Waals surface area contributed by atoms with E-state index in [1.54, 1.807) is 4.90 Å². The van der Waals surface area contributed by atoms with Crippen LogP contribution in [0.2, 0.25) is 0 Å². The van der Waals surface area contributed by atoms with E-state index in [1.807, 2.05) is 13.8 Å². The molecule has 7 heteroatoms. The molecule has 0 atom stereocenters. The van der Waals surface area contributed by atoms with Crippen molar-refractivity contribution in [2.24, 2.45) is 5.92 Å². The number of nitrogens with zero attached hydrogens (tertiary/aromatic N) is 4. The maximum Gasteiger partial charge on any atom is 0.257 e. The Labute approximate surface area is 219 Å². The zero-order valence-electron chi connectivity index (χ0n) is 22.5. The van der Waals surface area contributed by atoms with Gasteiger partial charge in [-0.2, -0.15) is 0 Å². The van der Waals surface area contributed by atoms with E-state index in [0.717, 1.165) is 67.7 Å². The number of amides is 1. The zero-order chi connectivity index (χ0) is 26.4. The lowest BCUT2D eigenvalue weighted by molar-refractivity contribution is 0.0711. The first-order valence-corrected chi connectivity index (χ1v) is 13.8. The van der Waals surface area contributed by atoms with Gasteiger partial charge in [0.05, 0.1) is 23.1 Å². The maximum atomic E-state index is 14.5. The van der Waals surface area contributed by atoms with Gasteiger partial charge in [-0.15, -0.1) is 0 Å². The van der Waals surface area contributed by atoms with Crippen molar-refractivity contribution in [3.63, 3.8) is 0 Å². The highest BCUT2D eigenvalue weighted by Gasteiger charge is 2.24. The molecule has 1 aliphatic rings. The molecule has 1 saturated heterocycles. The molecule has 1 aromatic heterocycles. The molecular formula is C30H40F2N4O. The Morgan fingerprint density at radius 1 is 1.03 bits per heavy atom. The predicted octanol–water partition coefficient (Wildman–Crippen LogP) is 6.79. The van der Waals surface area contributed by atoms with Gasteiger partial charge in [0.15, 0.2) is 0 Å². The number of hydrogen-bond acceptors (Lipinski definition) is 3. The molecule has 0 saturated carbocycles. The summed E-state index contributed by atoms with van der Waals surface area (Å²) in [6.45, 7) is 10.8. The molecule has 2 heterocycles. The number of imidazole rings is 1. The normalized spacial score (nSPS) is 15.2. The van der Waals surface area contributed by atoms with E-state index in [0.29, 0.717) is 6.54 Å². The molecule has 3 aromatic rings. The number of aryl methyl sites for hydroxylation is 1. The first-order chi connectivity index (χ1) is 17.9. The molecule has 4 rings (SSSR count). The van der Waals surface area contributed by atoms with Crippen LogP contribution in [0, 0.1) is 17.6 Å². The number of rotatable bonds is 9. The molecule has 0 spiro atoms. The van der Waals surface area contributed by atoms with E-state index in [9.17, 15) is 13.6 Å². The Morgan fingerprint density at radius 3 is 2.46 bits per heavy atom. The summed E-state index contributed by atoms with van der Waals surface area (Å²) in [6, 6.07) is 9.53. The minimum Gasteiger partial charge on any atom is -0.331 e. The molecule has 1 fully saturated rings. The van der Waals surface area contributed by atoms with Gasteiger partial charge >= 0.3 is 0 Å². The van der Waals surface area contributed by atoms with Crippen molar-refractivity contribution >= 4 is 16.9 Å². The standard InChI is InChI=1S/C30H40F2N4O/c1-4-14-36-28-13-10-23(20-34-15-8-6-5-7-9-16-34)17-27(28)33-29(36)21-35(19-22(2)3)30(37)25-18-24(31)11-12-26(25)32/h10-13,17-18,22H,4-9,14-16,19-21H2,1-3H3. The van der Waals surface area contributed by atoms with Crippen LogP contribution in [0.25, 0.3) is 11.0 Å². The first kappa shape index (κ1) is 27.2. The second-order valence-electron chi connectivity index (χ2n) is 10.8. The number of halogens is 2. The molecule has 2 aromatic carbocycles. The molecule has 1 amide bonds. The second-order valence-corrected chi connectivity index (χ2v) is 10.8. The van der Waals surface area contributed by atoms with Gasteiger partial charge in [-0.05, 0) is 74.2 Å². The summed E-state index contributed by atoms with van der Waals surface area (Å²) in [6.07, 6.45) is 7.40. The third-order valence-corrected chi connectivity index (χ3v) is 7.06. The zero-order valence-corrected chi connectivity index (χ0v) is 22.5. The second kappa shape index (κ2) is 12.6. The van der Waals surface area contributed by atoms with E-state index in [4.69, 9.17) is 4.98 Å². The van der Waals surface area contributed by atoms with Gasteiger partial charge < -0.3 is 9.47 Å². The van der Waals surface area contributed by atoms with E-state index in [2.05, 4.69) is 34.6 Å². The number of likely N-dealkylation sites (tertiary alicyclic amines) is 1. The van der Waals surface area contributed by atoms with Crippen molar-refractivity contribution in [3.05, 3.63) is 65.0 Å². The Morgan fingerprint density at radius 2 is 1.76 bits per heavy atom. The molecular weight excluding hydrogens is 470 g/mol. The van der Waals surface area contributed by atoms with Crippen LogP contribution in [0.4, 0.5) is 8.78 Å². The van der Waals surface area contributed by atoms with Crippen molar-refractivity contribution < 1.29 is 13.6 Å². The van der Waals surface area contributed by atoms with Gasteiger partial charge in [0.25, 0.3) is 5.91 Å². The number of carbonyl (C=O) groups is 1. The minimum atomic E-state index is -0.712. The van der Waals surface area contributed by atoms with E-state index in [-0.39, 0.29) is 18.0 Å². The van der Waals surface area contributed by atoms with E-state index in [1.165, 1.54) is 37.7 Å². The number of carbonyl (C=O) groups excluding carboxylic acids is 1. The first-order valence-electron chi connectivity index (χ1n) is 13.8. The number of fused-ring (bicyclic) bond motifs is 1. The molecule has 0 aliphatic carbocycles. The minimum absolute atomic E-state index is 0.161. The number of benzene rings is 2. The van der Waals surface area contributed by atoms with Gasteiger partial charge in [0, 0.05) is 19.6 Å². The summed E-state index contributed by atoms with van der Waals surface area (Å²) in [5, 5.41) is 0. The van der Waals surface area contributed by atoms with E-state index >= 15 is 0 Å². The van der Waals surface area contributed by atoms with Crippen LogP contribution in [-0.4, -0.2) is 44.9 Å². The fourth-order valence-corrected chi connectivity index (χ4v) is 5.31. The van der Waals surface area contributed by atoms with Crippen molar-refractivity contribution in [2.45, 2.75) is 78.9 Å². The summed E-state index contributed by atoms with van der Waals surface area (Å²) in [5.41, 5.74) is 2.97. The van der Waals surface area contributed by atoms with Crippen LogP contribution in [0.5, 0.6) is 0 Å².